The van der Waals surface area contributed by atoms with E-state index in [1.54, 1.807) is 6.07 Å². The van der Waals surface area contributed by atoms with E-state index in [9.17, 15) is 5.11 Å². The molecule has 0 fully saturated rings. The van der Waals surface area contributed by atoms with Gasteiger partial charge >= 0.3 is 0 Å². The molecule has 0 heterocycles. The summed E-state index contributed by atoms with van der Waals surface area (Å²) in [6.45, 7) is 2.11. The number of phenolic OH excluding ortho intramolecular Hbond substituents is 1. The van der Waals surface area contributed by atoms with E-state index in [1.807, 2.05) is 0 Å². The zero-order chi connectivity index (χ0) is 9.84. The van der Waals surface area contributed by atoms with E-state index < -0.39 is 0 Å². The minimum Gasteiger partial charge on any atom is -0.506 e. The molecule has 0 aliphatic carbocycles. The van der Waals surface area contributed by atoms with Crippen molar-refractivity contribution in [3.05, 3.63) is 17.7 Å². The van der Waals surface area contributed by atoms with Crippen molar-refractivity contribution in [3.63, 3.8) is 0 Å². The molecule has 0 bridgehead atoms. The Kier molecular flexibility index (Phi) is 3.01. The lowest BCUT2D eigenvalue weighted by atomic mass is 10.0. The van der Waals surface area contributed by atoms with Crippen LogP contribution in [0.25, 0.3) is 0 Å². The van der Waals surface area contributed by atoms with E-state index >= 15 is 0 Å². The molecule has 1 rings (SSSR count). The zero-order valence-corrected chi connectivity index (χ0v) is 7.88. The van der Waals surface area contributed by atoms with E-state index in [4.69, 9.17) is 11.5 Å². The number of phenols is 1. The maximum absolute atomic E-state index is 9.34. The number of nitrogens with two attached hydrogens (primary N) is 2. The molecule has 1 aromatic rings. The molecule has 0 amide bonds. The molecule has 0 spiro atoms. The average molecular weight is 180 g/mol. The molecule has 0 unspecified atom stereocenters. The number of rotatable bonds is 3. The predicted molar refractivity (Wildman–Crippen MR) is 55.5 cm³/mol. The first kappa shape index (κ1) is 9.71. The van der Waals surface area contributed by atoms with Gasteiger partial charge in [-0.1, -0.05) is 13.3 Å². The van der Waals surface area contributed by atoms with Gasteiger partial charge < -0.3 is 16.6 Å². The summed E-state index contributed by atoms with van der Waals surface area (Å²) in [6.07, 6.45) is 2.97. The smallest absolute Gasteiger partial charge is 0.138 e. The standard InChI is InChI=1S/C10H16N2O/c1-2-3-4-7-8(11)5-6-9(13)10(7)12/h5-6,13H,2-4,11-12H2,1H3. The Morgan fingerprint density at radius 2 is 2.00 bits per heavy atom. The number of hydrogen-bond acceptors (Lipinski definition) is 3. The molecule has 3 heteroatoms. The quantitative estimate of drug-likeness (QED) is 0.378. The van der Waals surface area contributed by atoms with Crippen LogP contribution in [0.2, 0.25) is 0 Å². The summed E-state index contributed by atoms with van der Waals surface area (Å²) in [5.41, 5.74) is 13.4. The summed E-state index contributed by atoms with van der Waals surface area (Å²) in [6, 6.07) is 3.22. The van der Waals surface area contributed by atoms with Crippen LogP contribution in [0.4, 0.5) is 11.4 Å². The Labute approximate surface area is 78.4 Å². The third-order valence-corrected chi connectivity index (χ3v) is 2.15. The van der Waals surface area contributed by atoms with Crippen LogP contribution in [0, 0.1) is 0 Å². The molecule has 0 aliphatic rings. The molecule has 0 aromatic heterocycles. The van der Waals surface area contributed by atoms with Crippen molar-refractivity contribution in [1.29, 1.82) is 0 Å². The molecule has 3 nitrogen and oxygen atoms in total. The maximum atomic E-state index is 9.34. The van der Waals surface area contributed by atoms with Gasteiger partial charge in [-0.2, -0.15) is 0 Å². The molecule has 5 N–H and O–H groups in total. The summed E-state index contributed by atoms with van der Waals surface area (Å²) >= 11 is 0. The molecule has 0 radical (unpaired) electrons. The molecule has 0 aliphatic heterocycles. The zero-order valence-electron chi connectivity index (χ0n) is 7.88. The van der Waals surface area contributed by atoms with E-state index in [2.05, 4.69) is 6.92 Å². The summed E-state index contributed by atoms with van der Waals surface area (Å²) in [5.74, 6) is 0.125. The van der Waals surface area contributed by atoms with E-state index in [0.29, 0.717) is 11.4 Å². The highest BCUT2D eigenvalue weighted by atomic mass is 16.3. The Morgan fingerprint density at radius 3 is 2.62 bits per heavy atom. The summed E-state index contributed by atoms with van der Waals surface area (Å²) in [7, 11) is 0. The second-order valence-corrected chi connectivity index (χ2v) is 3.17. The van der Waals surface area contributed by atoms with Crippen LogP contribution in [0.15, 0.2) is 12.1 Å². The average Bonchev–Trinajstić information content (AvgIpc) is 2.12. The second kappa shape index (κ2) is 4.03. The van der Waals surface area contributed by atoms with Crippen LogP contribution in [0.1, 0.15) is 25.3 Å². The Hall–Kier alpha value is -1.38. The molecule has 1 aromatic carbocycles. The first-order valence-electron chi connectivity index (χ1n) is 4.52. The van der Waals surface area contributed by atoms with Gasteiger partial charge in [0.05, 0.1) is 5.69 Å². The number of aromatic hydroxyl groups is 1. The van der Waals surface area contributed by atoms with Crippen molar-refractivity contribution in [1.82, 2.24) is 0 Å². The van der Waals surface area contributed by atoms with Crippen molar-refractivity contribution < 1.29 is 5.11 Å². The molecule has 0 saturated heterocycles. The number of nitrogen functional groups attached to an aromatic ring is 2. The van der Waals surface area contributed by atoms with Crippen molar-refractivity contribution in [2.24, 2.45) is 0 Å². The van der Waals surface area contributed by atoms with E-state index in [0.717, 1.165) is 24.8 Å². The van der Waals surface area contributed by atoms with Crippen molar-refractivity contribution in [3.8, 4) is 5.75 Å². The lowest BCUT2D eigenvalue weighted by Crippen LogP contribution is -2.00. The molecular formula is C10H16N2O. The van der Waals surface area contributed by atoms with Crippen molar-refractivity contribution in [2.75, 3.05) is 11.5 Å². The third kappa shape index (κ3) is 2.05. The Morgan fingerprint density at radius 1 is 1.31 bits per heavy atom. The fourth-order valence-electron chi connectivity index (χ4n) is 1.30. The van der Waals surface area contributed by atoms with Gasteiger partial charge in [0.2, 0.25) is 0 Å². The van der Waals surface area contributed by atoms with Crippen molar-refractivity contribution in [2.45, 2.75) is 26.2 Å². The van der Waals surface area contributed by atoms with Crippen LogP contribution in [0.3, 0.4) is 0 Å². The summed E-state index contributed by atoms with van der Waals surface area (Å²) in [4.78, 5) is 0. The lowest BCUT2D eigenvalue weighted by Gasteiger charge is -2.09. The van der Waals surface area contributed by atoms with Gasteiger partial charge in [0, 0.05) is 11.3 Å². The minimum atomic E-state index is 0.125. The third-order valence-electron chi connectivity index (χ3n) is 2.15. The summed E-state index contributed by atoms with van der Waals surface area (Å²) < 4.78 is 0. The van der Waals surface area contributed by atoms with E-state index in [-0.39, 0.29) is 5.75 Å². The first-order valence-corrected chi connectivity index (χ1v) is 4.52. The molecule has 72 valence electrons. The number of anilines is 2. The van der Waals surface area contributed by atoms with Crippen LogP contribution in [0.5, 0.6) is 5.75 Å². The van der Waals surface area contributed by atoms with Crippen molar-refractivity contribution >= 4 is 11.4 Å². The maximum Gasteiger partial charge on any atom is 0.138 e. The van der Waals surface area contributed by atoms with Gasteiger partial charge in [-0.05, 0) is 25.0 Å². The van der Waals surface area contributed by atoms with E-state index in [1.165, 1.54) is 6.07 Å². The SMILES string of the molecule is CCCCc1c(N)ccc(O)c1N. The molecular weight excluding hydrogens is 164 g/mol. The molecule has 0 atom stereocenters. The Balaban J connectivity index is 2.96. The van der Waals surface area contributed by atoms with Gasteiger partial charge in [0.1, 0.15) is 5.75 Å². The van der Waals surface area contributed by atoms with Crippen LogP contribution >= 0.6 is 0 Å². The molecule has 0 saturated carbocycles. The van der Waals surface area contributed by atoms with Crippen LogP contribution in [-0.2, 0) is 6.42 Å². The number of unbranched alkanes of at least 4 members (excludes halogenated alkanes) is 1. The van der Waals surface area contributed by atoms with Gasteiger partial charge in [-0.15, -0.1) is 0 Å². The largest absolute Gasteiger partial charge is 0.506 e. The number of benzene rings is 1. The fraction of sp³-hybridized carbons (Fsp3) is 0.400. The second-order valence-electron chi connectivity index (χ2n) is 3.17. The summed E-state index contributed by atoms with van der Waals surface area (Å²) in [5, 5.41) is 9.34. The molecule has 13 heavy (non-hydrogen) atoms. The van der Waals surface area contributed by atoms with Crippen LogP contribution in [-0.4, -0.2) is 5.11 Å². The highest BCUT2D eigenvalue weighted by Gasteiger charge is 2.07. The normalized spacial score (nSPS) is 10.2. The van der Waals surface area contributed by atoms with Gasteiger partial charge in [-0.25, -0.2) is 0 Å². The fourth-order valence-corrected chi connectivity index (χ4v) is 1.30. The Bertz CT molecular complexity index is 297. The first-order chi connectivity index (χ1) is 6.16. The van der Waals surface area contributed by atoms with Crippen LogP contribution < -0.4 is 11.5 Å². The minimum absolute atomic E-state index is 0.125. The highest BCUT2D eigenvalue weighted by molar-refractivity contribution is 5.67. The van der Waals surface area contributed by atoms with Gasteiger partial charge in [0.25, 0.3) is 0 Å². The predicted octanol–water partition coefficient (Wildman–Crippen LogP) is 1.90. The van der Waals surface area contributed by atoms with Gasteiger partial charge in [-0.3, -0.25) is 0 Å². The topological polar surface area (TPSA) is 72.3 Å². The monoisotopic (exact) mass is 180 g/mol. The number of hydrogen-bond donors (Lipinski definition) is 3. The lowest BCUT2D eigenvalue weighted by molar-refractivity contribution is 0.477. The van der Waals surface area contributed by atoms with Gasteiger partial charge in [0.15, 0.2) is 0 Å². The highest BCUT2D eigenvalue weighted by Crippen LogP contribution is 2.29.